The topological polar surface area (TPSA) is 17.2 Å². The van der Waals surface area contributed by atoms with Gasteiger partial charge in [0.05, 0.1) is 6.57 Å². The van der Waals surface area contributed by atoms with E-state index in [1.807, 2.05) is 0 Å². The van der Waals surface area contributed by atoms with E-state index in [4.69, 9.17) is 20.4 Å². The minimum Gasteiger partial charge on any atom is -0.272 e. The second-order valence-electron chi connectivity index (χ2n) is 1.78. The highest BCUT2D eigenvalue weighted by molar-refractivity contribution is 5.47. The molecule has 4 radical (unpaired) electrons. The SMILES string of the molecule is [C-]#[N+]c1cnc([CH])c([CH])c1. The van der Waals surface area contributed by atoms with Crippen molar-refractivity contribution in [2.45, 2.75) is 0 Å². The average molecular weight is 128 g/mol. The van der Waals surface area contributed by atoms with Gasteiger partial charge in [-0.3, -0.25) is 4.98 Å². The lowest BCUT2D eigenvalue weighted by molar-refractivity contribution is 1.25. The van der Waals surface area contributed by atoms with Gasteiger partial charge in [0.1, 0.15) is 0 Å². The second kappa shape index (κ2) is 2.49. The fourth-order valence-corrected chi connectivity index (χ4v) is 0.542. The third kappa shape index (κ3) is 1.14. The maximum Gasteiger partial charge on any atom is 0.205 e. The maximum atomic E-state index is 6.60. The Morgan fingerprint density at radius 1 is 1.50 bits per heavy atom. The van der Waals surface area contributed by atoms with Gasteiger partial charge in [-0.15, -0.1) is 0 Å². The molecule has 0 saturated heterocycles. The van der Waals surface area contributed by atoms with Crippen LogP contribution in [0.2, 0.25) is 0 Å². The molecule has 0 atom stereocenters. The van der Waals surface area contributed by atoms with Crippen LogP contribution in [0.1, 0.15) is 11.3 Å². The molecular formula is C8H4N2. The number of aromatic nitrogens is 1. The van der Waals surface area contributed by atoms with Gasteiger partial charge < -0.3 is 0 Å². The van der Waals surface area contributed by atoms with Crippen LogP contribution in [0.3, 0.4) is 0 Å². The van der Waals surface area contributed by atoms with Crippen molar-refractivity contribution in [1.29, 1.82) is 0 Å². The first kappa shape index (κ1) is 6.76. The Bertz CT molecular complexity index is 284. The summed E-state index contributed by atoms with van der Waals surface area (Å²) in [6, 6.07) is 1.50. The highest BCUT2D eigenvalue weighted by Crippen LogP contribution is 2.13. The molecule has 2 nitrogen and oxygen atoms in total. The Hall–Kier alpha value is -1.36. The fourth-order valence-electron chi connectivity index (χ4n) is 0.542. The Balaban J connectivity index is 3.20. The van der Waals surface area contributed by atoms with E-state index in [-0.39, 0.29) is 5.69 Å². The zero-order valence-electron chi connectivity index (χ0n) is 5.20. The summed E-state index contributed by atoms with van der Waals surface area (Å²) in [6.07, 6.45) is 1.39. The number of hydrogen-bond acceptors (Lipinski definition) is 1. The predicted octanol–water partition coefficient (Wildman–Crippen LogP) is 1.75. The van der Waals surface area contributed by atoms with Gasteiger partial charge in [-0.1, -0.05) is 0 Å². The third-order valence-corrected chi connectivity index (χ3v) is 1.06. The zero-order chi connectivity index (χ0) is 7.56. The molecule has 1 rings (SSSR count). The van der Waals surface area contributed by atoms with E-state index in [1.165, 1.54) is 12.3 Å². The standard InChI is InChI=1S/C8H4N2/c1-6-4-8(9-3)5-10-7(6)2/h1-2,4-5H. The van der Waals surface area contributed by atoms with Gasteiger partial charge in [0.2, 0.25) is 5.69 Å². The van der Waals surface area contributed by atoms with Gasteiger partial charge in [0, 0.05) is 18.8 Å². The van der Waals surface area contributed by atoms with Crippen LogP contribution in [0.25, 0.3) is 4.85 Å². The van der Waals surface area contributed by atoms with Gasteiger partial charge in [-0.25, -0.2) is 4.85 Å². The molecule has 10 heavy (non-hydrogen) atoms. The van der Waals surface area contributed by atoms with Crippen LogP contribution in [-0.4, -0.2) is 4.98 Å². The van der Waals surface area contributed by atoms with Crippen LogP contribution >= 0.6 is 0 Å². The van der Waals surface area contributed by atoms with Crippen molar-refractivity contribution in [2.75, 3.05) is 0 Å². The van der Waals surface area contributed by atoms with E-state index < -0.39 is 0 Å². The van der Waals surface area contributed by atoms with Crippen LogP contribution < -0.4 is 0 Å². The average Bonchev–Trinajstić information content (AvgIpc) is 1.95. The Labute approximate surface area is 60.3 Å². The van der Waals surface area contributed by atoms with Crippen molar-refractivity contribution in [2.24, 2.45) is 0 Å². The lowest BCUT2D eigenvalue weighted by Crippen LogP contribution is -1.82. The van der Waals surface area contributed by atoms with Gasteiger partial charge in [-0.2, -0.15) is 0 Å². The minimum absolute atomic E-state index is 0.271. The third-order valence-electron chi connectivity index (χ3n) is 1.06. The van der Waals surface area contributed by atoms with Crippen LogP contribution in [-0.2, 0) is 0 Å². The van der Waals surface area contributed by atoms with Crippen LogP contribution in [0.4, 0.5) is 5.69 Å². The summed E-state index contributed by atoms with van der Waals surface area (Å²) in [5.41, 5.74) is 1.03. The molecule has 1 aromatic rings. The van der Waals surface area contributed by atoms with E-state index in [1.54, 1.807) is 0 Å². The summed E-state index contributed by atoms with van der Waals surface area (Å²) in [7, 11) is 0. The first-order valence-electron chi connectivity index (χ1n) is 2.62. The summed E-state index contributed by atoms with van der Waals surface area (Å²) < 4.78 is 0. The van der Waals surface area contributed by atoms with E-state index in [0.717, 1.165) is 0 Å². The molecule has 46 valence electrons. The summed E-state index contributed by atoms with van der Waals surface area (Å²) in [6.45, 7) is 17.3. The minimum atomic E-state index is 0.271. The van der Waals surface area contributed by atoms with Gasteiger partial charge >= 0.3 is 0 Å². The van der Waals surface area contributed by atoms with Crippen molar-refractivity contribution in [3.8, 4) is 0 Å². The molecule has 0 bridgehead atoms. The Morgan fingerprint density at radius 2 is 2.20 bits per heavy atom. The molecule has 0 unspecified atom stereocenters. The first-order valence-corrected chi connectivity index (χ1v) is 2.62. The van der Waals surface area contributed by atoms with Crippen LogP contribution in [0.15, 0.2) is 12.3 Å². The molecule has 0 aliphatic rings. The first-order chi connectivity index (χ1) is 4.74. The number of rotatable bonds is 0. The molecular weight excluding hydrogens is 124 g/mol. The van der Waals surface area contributed by atoms with E-state index in [9.17, 15) is 0 Å². The quantitative estimate of drug-likeness (QED) is 0.486. The molecule has 0 saturated carbocycles. The van der Waals surface area contributed by atoms with Gasteiger partial charge in [0.15, 0.2) is 0 Å². The maximum absolute atomic E-state index is 6.60. The summed E-state index contributed by atoms with van der Waals surface area (Å²) in [5, 5.41) is 0. The number of nitrogens with zero attached hydrogens (tertiary/aromatic N) is 2. The highest BCUT2D eigenvalue weighted by Gasteiger charge is 1.94. The van der Waals surface area contributed by atoms with E-state index >= 15 is 0 Å². The molecule has 0 amide bonds. The highest BCUT2D eigenvalue weighted by atomic mass is 14.7. The number of hydrogen-bond donors (Lipinski definition) is 0. The lowest BCUT2D eigenvalue weighted by Gasteiger charge is -1.95. The molecule has 2 heteroatoms. The fraction of sp³-hybridized carbons (Fsp3) is 0. The van der Waals surface area contributed by atoms with E-state index in [0.29, 0.717) is 11.3 Å². The smallest absolute Gasteiger partial charge is 0.205 e. The molecule has 1 aromatic heterocycles. The van der Waals surface area contributed by atoms with Crippen molar-refractivity contribution in [3.63, 3.8) is 0 Å². The van der Waals surface area contributed by atoms with E-state index in [2.05, 4.69) is 9.83 Å². The molecule has 0 aromatic carbocycles. The number of pyridine rings is 1. The van der Waals surface area contributed by atoms with Gasteiger partial charge in [0.25, 0.3) is 0 Å². The van der Waals surface area contributed by atoms with Crippen molar-refractivity contribution in [1.82, 2.24) is 4.98 Å². The van der Waals surface area contributed by atoms with Crippen molar-refractivity contribution < 1.29 is 0 Å². The van der Waals surface area contributed by atoms with Gasteiger partial charge in [-0.05, 0) is 18.6 Å². The Morgan fingerprint density at radius 3 is 2.70 bits per heavy atom. The Kier molecular flexibility index (Phi) is 1.68. The molecule has 0 aliphatic carbocycles. The summed E-state index contributed by atoms with van der Waals surface area (Å²) >= 11 is 0. The van der Waals surface area contributed by atoms with Crippen LogP contribution in [0, 0.1) is 20.4 Å². The predicted molar refractivity (Wildman–Crippen MR) is 37.3 cm³/mol. The van der Waals surface area contributed by atoms with Crippen molar-refractivity contribution in [3.05, 3.63) is 48.8 Å². The summed E-state index contributed by atoms with van der Waals surface area (Å²) in [5.74, 6) is 0. The zero-order valence-corrected chi connectivity index (χ0v) is 5.20. The largest absolute Gasteiger partial charge is 0.272 e. The lowest BCUT2D eigenvalue weighted by atomic mass is 10.2. The monoisotopic (exact) mass is 128 g/mol. The molecule has 0 N–H and O–H groups in total. The molecule has 1 heterocycles. The second-order valence-corrected chi connectivity index (χ2v) is 1.78. The summed E-state index contributed by atoms with van der Waals surface area (Å²) in [4.78, 5) is 6.81. The van der Waals surface area contributed by atoms with Crippen molar-refractivity contribution >= 4 is 5.69 Å². The molecule has 0 aliphatic heterocycles. The van der Waals surface area contributed by atoms with Crippen LogP contribution in [0.5, 0.6) is 0 Å². The molecule has 0 fully saturated rings. The normalized spacial score (nSPS) is 8.90. The molecule has 0 spiro atoms.